The van der Waals surface area contributed by atoms with Gasteiger partial charge in [0.05, 0.1) is 6.61 Å². The summed E-state index contributed by atoms with van der Waals surface area (Å²) in [5.74, 6) is 0.751. The molecule has 0 aromatic heterocycles. The van der Waals surface area contributed by atoms with E-state index in [1.54, 1.807) is 14.2 Å². The molecule has 0 saturated heterocycles. The Balaban J connectivity index is 3.45. The van der Waals surface area contributed by atoms with E-state index in [0.717, 1.165) is 23.2 Å². The van der Waals surface area contributed by atoms with Crippen molar-refractivity contribution < 1.29 is 23.7 Å². The number of rotatable bonds is 9. The lowest BCUT2D eigenvalue weighted by molar-refractivity contribution is -0.0458. The molecule has 1 aromatic carbocycles. The highest BCUT2D eigenvalue weighted by atomic mass is 16.7. The van der Waals surface area contributed by atoms with Gasteiger partial charge in [0.1, 0.15) is 18.8 Å². The number of hydrogen-bond acceptors (Lipinski definition) is 5. The fourth-order valence-electron chi connectivity index (χ4n) is 2.51. The zero-order valence-electron chi connectivity index (χ0n) is 15.9. The molecule has 0 aliphatic carbocycles. The predicted molar refractivity (Wildman–Crippen MR) is 93.9 cm³/mol. The number of ether oxygens (including phenoxy) is 4. The second kappa shape index (κ2) is 8.60. The number of carbonyl (C=O) groups excluding carboxylic acids is 1. The summed E-state index contributed by atoms with van der Waals surface area (Å²) in [6.45, 7) is 11.2. The largest absolute Gasteiger partial charge is 0.467 e. The van der Waals surface area contributed by atoms with Crippen LogP contribution in [0.25, 0.3) is 0 Å². The van der Waals surface area contributed by atoms with E-state index in [1.807, 2.05) is 12.1 Å². The van der Waals surface area contributed by atoms with Crippen LogP contribution in [0.2, 0.25) is 0 Å². The Morgan fingerprint density at radius 1 is 0.958 bits per heavy atom. The third kappa shape index (κ3) is 5.30. The molecule has 0 heterocycles. The minimum absolute atomic E-state index is 0.144. The highest BCUT2D eigenvalue weighted by Gasteiger charge is 2.31. The fourth-order valence-corrected chi connectivity index (χ4v) is 2.51. The van der Waals surface area contributed by atoms with Crippen molar-refractivity contribution in [2.24, 2.45) is 0 Å². The predicted octanol–water partition coefficient (Wildman–Crippen LogP) is 3.68. The Bertz CT molecular complexity index is 543. The smallest absolute Gasteiger partial charge is 0.188 e. The average molecular weight is 338 g/mol. The Kier molecular flexibility index (Phi) is 7.39. The lowest BCUT2D eigenvalue weighted by Gasteiger charge is -2.32. The molecule has 0 aliphatic rings. The van der Waals surface area contributed by atoms with Crippen LogP contribution in [0.3, 0.4) is 0 Å². The number of benzene rings is 1. The van der Waals surface area contributed by atoms with Crippen molar-refractivity contribution in [3.8, 4) is 5.75 Å². The molecule has 136 valence electrons. The molecule has 0 atom stereocenters. The van der Waals surface area contributed by atoms with Gasteiger partial charge in [-0.25, -0.2) is 0 Å². The molecular formula is C19H30O5. The van der Waals surface area contributed by atoms with Gasteiger partial charge in [0.15, 0.2) is 6.79 Å². The molecular weight excluding hydrogens is 308 g/mol. The molecule has 0 saturated carbocycles. The van der Waals surface area contributed by atoms with Crippen molar-refractivity contribution >= 4 is 6.29 Å². The summed E-state index contributed by atoms with van der Waals surface area (Å²) in [6.07, 6.45) is 0.866. The summed E-state index contributed by atoms with van der Waals surface area (Å²) in [4.78, 5) is 11.4. The molecule has 0 N–H and O–H groups in total. The van der Waals surface area contributed by atoms with Crippen LogP contribution < -0.4 is 4.74 Å². The van der Waals surface area contributed by atoms with Gasteiger partial charge < -0.3 is 18.9 Å². The molecule has 1 aromatic rings. The van der Waals surface area contributed by atoms with Gasteiger partial charge in [-0.05, 0) is 17.5 Å². The Labute approximate surface area is 145 Å². The summed E-state index contributed by atoms with van der Waals surface area (Å²) in [5, 5.41) is 0. The number of hydrogen-bond donors (Lipinski definition) is 0. The van der Waals surface area contributed by atoms with Gasteiger partial charge in [0.2, 0.25) is 0 Å². The first-order valence-corrected chi connectivity index (χ1v) is 8.00. The normalized spacial score (nSPS) is 12.3. The van der Waals surface area contributed by atoms with Gasteiger partial charge in [-0.15, -0.1) is 0 Å². The Morgan fingerprint density at radius 3 is 2.04 bits per heavy atom. The van der Waals surface area contributed by atoms with E-state index >= 15 is 0 Å². The number of methoxy groups -OCH3 is 2. The van der Waals surface area contributed by atoms with Crippen molar-refractivity contribution in [2.45, 2.75) is 45.4 Å². The number of aldehydes is 1. The Morgan fingerprint density at radius 2 is 1.54 bits per heavy atom. The maximum atomic E-state index is 11.4. The van der Waals surface area contributed by atoms with E-state index in [4.69, 9.17) is 18.9 Å². The molecule has 5 nitrogen and oxygen atoms in total. The topological polar surface area (TPSA) is 54.0 Å². The molecule has 0 amide bonds. The van der Waals surface area contributed by atoms with Crippen molar-refractivity contribution in [1.82, 2.24) is 0 Å². The van der Waals surface area contributed by atoms with Crippen molar-refractivity contribution in [3.63, 3.8) is 0 Å². The molecule has 5 heteroatoms. The molecule has 0 radical (unpaired) electrons. The van der Waals surface area contributed by atoms with Crippen LogP contribution in [0, 0.1) is 0 Å². The molecule has 1 rings (SSSR count). The van der Waals surface area contributed by atoms with Gasteiger partial charge in [-0.2, -0.15) is 0 Å². The first kappa shape index (κ1) is 20.6. The first-order chi connectivity index (χ1) is 11.2. The van der Waals surface area contributed by atoms with Crippen molar-refractivity contribution in [1.29, 1.82) is 0 Å². The van der Waals surface area contributed by atoms with Crippen LogP contribution in [-0.4, -0.2) is 40.7 Å². The van der Waals surface area contributed by atoms with Crippen molar-refractivity contribution in [3.05, 3.63) is 28.8 Å². The standard InChI is InChI=1S/C19H30O5/c1-18(2,3)15-8-14(10-20)9-16(17(15)24-13-22-7)19(4,5)11-23-12-21-6/h8-10H,11-13H2,1-7H3. The van der Waals surface area contributed by atoms with Crippen LogP contribution in [0.1, 0.15) is 56.1 Å². The first-order valence-electron chi connectivity index (χ1n) is 8.00. The van der Waals surface area contributed by atoms with Crippen LogP contribution in [-0.2, 0) is 25.0 Å². The van der Waals surface area contributed by atoms with Gasteiger partial charge in [0, 0.05) is 36.3 Å². The summed E-state index contributed by atoms with van der Waals surface area (Å²) in [7, 11) is 3.17. The molecule has 0 fully saturated rings. The quantitative estimate of drug-likeness (QED) is 0.390. The fraction of sp³-hybridized carbons (Fsp3) is 0.632. The van der Waals surface area contributed by atoms with E-state index in [-0.39, 0.29) is 24.4 Å². The molecule has 0 aliphatic heterocycles. The maximum Gasteiger partial charge on any atom is 0.188 e. The van der Waals surface area contributed by atoms with Gasteiger partial charge in [0.25, 0.3) is 0 Å². The van der Waals surface area contributed by atoms with E-state index < -0.39 is 0 Å². The third-order valence-electron chi connectivity index (χ3n) is 3.77. The zero-order valence-corrected chi connectivity index (χ0v) is 15.9. The van der Waals surface area contributed by atoms with Gasteiger partial charge >= 0.3 is 0 Å². The van der Waals surface area contributed by atoms with E-state index in [2.05, 4.69) is 34.6 Å². The Hall–Kier alpha value is -1.43. The summed E-state index contributed by atoms with van der Waals surface area (Å²) >= 11 is 0. The molecule has 0 bridgehead atoms. The van der Waals surface area contributed by atoms with E-state index in [9.17, 15) is 4.79 Å². The highest BCUT2D eigenvalue weighted by molar-refractivity contribution is 5.77. The highest BCUT2D eigenvalue weighted by Crippen LogP contribution is 2.40. The SMILES string of the molecule is COCOCC(C)(C)c1cc(C=O)cc(C(C)(C)C)c1OCOC. The van der Waals surface area contributed by atoms with Crippen LogP contribution in [0.5, 0.6) is 5.75 Å². The van der Waals surface area contributed by atoms with E-state index in [0.29, 0.717) is 12.2 Å². The molecule has 0 spiro atoms. The van der Waals surface area contributed by atoms with E-state index in [1.165, 1.54) is 0 Å². The minimum Gasteiger partial charge on any atom is -0.467 e. The minimum atomic E-state index is -0.360. The van der Waals surface area contributed by atoms with Crippen molar-refractivity contribution in [2.75, 3.05) is 34.4 Å². The van der Waals surface area contributed by atoms with Crippen LogP contribution in [0.4, 0.5) is 0 Å². The second-order valence-corrected chi connectivity index (χ2v) is 7.50. The zero-order chi connectivity index (χ0) is 18.4. The third-order valence-corrected chi connectivity index (χ3v) is 3.77. The number of carbonyl (C=O) groups is 1. The second-order valence-electron chi connectivity index (χ2n) is 7.50. The average Bonchev–Trinajstić information content (AvgIpc) is 2.51. The maximum absolute atomic E-state index is 11.4. The lowest BCUT2D eigenvalue weighted by Crippen LogP contribution is -2.28. The molecule has 0 unspecified atom stereocenters. The monoisotopic (exact) mass is 338 g/mol. The summed E-state index contributed by atoms with van der Waals surface area (Å²) in [5.41, 5.74) is 1.98. The van der Waals surface area contributed by atoms with Crippen LogP contribution >= 0.6 is 0 Å². The lowest BCUT2D eigenvalue weighted by atomic mass is 9.78. The van der Waals surface area contributed by atoms with Crippen LogP contribution in [0.15, 0.2) is 12.1 Å². The summed E-state index contributed by atoms with van der Waals surface area (Å²) < 4.78 is 21.5. The molecule has 24 heavy (non-hydrogen) atoms. The van der Waals surface area contributed by atoms with Gasteiger partial charge in [-0.3, -0.25) is 4.79 Å². The van der Waals surface area contributed by atoms with Gasteiger partial charge in [-0.1, -0.05) is 34.6 Å². The summed E-state index contributed by atoms with van der Waals surface area (Å²) in [6, 6.07) is 3.75.